The number of aromatic nitrogens is 3. The highest BCUT2D eigenvalue weighted by atomic mass is 127. The Hall–Kier alpha value is -3.00. The SMILES string of the molecule is Cn1nc(COC2CCCCO2)c(-c2c(Cl)ccc3c(CCCO[Si](c4ccccc4)(c4ccccc4)C(C)(C)C)c(C(=O)O)n(C)c23)c1CI. The van der Waals surface area contributed by atoms with Crippen molar-refractivity contribution in [2.45, 2.75) is 75.2 Å². The molecule has 51 heavy (non-hydrogen) atoms. The number of rotatable bonds is 13. The van der Waals surface area contributed by atoms with Gasteiger partial charge in [-0.1, -0.05) is 122 Å². The van der Waals surface area contributed by atoms with Crippen LogP contribution in [0.2, 0.25) is 10.1 Å². The molecule has 0 saturated carbocycles. The monoisotopic (exact) mass is 839 g/mol. The Balaban J connectivity index is 1.37. The zero-order valence-electron chi connectivity index (χ0n) is 30.0. The first-order valence-electron chi connectivity index (χ1n) is 17.6. The molecule has 6 rings (SSSR count). The van der Waals surface area contributed by atoms with E-state index in [-0.39, 0.29) is 23.6 Å². The van der Waals surface area contributed by atoms with E-state index in [2.05, 4.69) is 91.9 Å². The lowest BCUT2D eigenvalue weighted by atomic mass is 9.98. The molecule has 0 spiro atoms. The van der Waals surface area contributed by atoms with E-state index in [4.69, 9.17) is 30.6 Å². The molecule has 0 bridgehead atoms. The Morgan fingerprint density at radius 1 is 1.02 bits per heavy atom. The molecule has 2 aromatic heterocycles. The number of carboxylic acid groups (broad SMARTS) is 1. The van der Waals surface area contributed by atoms with Crippen LogP contribution in [0.5, 0.6) is 0 Å². The fourth-order valence-electron chi connectivity index (χ4n) is 7.78. The molecule has 1 aliphatic rings. The summed E-state index contributed by atoms with van der Waals surface area (Å²) >= 11 is 9.41. The van der Waals surface area contributed by atoms with Gasteiger partial charge >= 0.3 is 5.97 Å². The van der Waals surface area contributed by atoms with Crippen molar-refractivity contribution in [3.05, 3.63) is 100 Å². The normalized spacial score (nSPS) is 15.5. The van der Waals surface area contributed by atoms with Gasteiger partial charge in [0.2, 0.25) is 0 Å². The molecule has 11 heteroatoms. The van der Waals surface area contributed by atoms with Crippen molar-refractivity contribution < 1.29 is 23.8 Å². The summed E-state index contributed by atoms with van der Waals surface area (Å²) in [6, 6.07) is 25.0. The van der Waals surface area contributed by atoms with Crippen LogP contribution >= 0.6 is 34.2 Å². The molecule has 1 fully saturated rings. The molecule has 1 N–H and O–H groups in total. The molecule has 270 valence electrons. The maximum absolute atomic E-state index is 13.0. The van der Waals surface area contributed by atoms with Crippen LogP contribution < -0.4 is 10.4 Å². The molecule has 0 aliphatic carbocycles. The van der Waals surface area contributed by atoms with Crippen LogP contribution in [0.15, 0.2) is 72.8 Å². The van der Waals surface area contributed by atoms with Gasteiger partial charge < -0.3 is 23.6 Å². The maximum Gasteiger partial charge on any atom is 0.352 e. The third kappa shape index (κ3) is 7.32. The standard InChI is InChI=1S/C40H47ClIN3O5Si/c1-40(2,3)51(27-15-8-6-9-16-27,28-17-10-7-11-18-28)50-24-14-19-29-30-21-22-31(41)35(37(30)44(4)38(29)39(46)47)36-32(43-45(5)33(36)25-42)26-49-34-20-12-13-23-48-34/h6-11,15-18,21-22,34H,12-14,19-20,23-26H2,1-5H3,(H,46,47). The predicted molar refractivity (Wildman–Crippen MR) is 215 cm³/mol. The number of nitrogens with zero attached hydrogens (tertiary/aromatic N) is 3. The maximum atomic E-state index is 13.0. The van der Waals surface area contributed by atoms with Gasteiger partial charge in [0.05, 0.1) is 28.5 Å². The highest BCUT2D eigenvalue weighted by Gasteiger charge is 2.50. The van der Waals surface area contributed by atoms with Gasteiger partial charge in [0.25, 0.3) is 8.32 Å². The van der Waals surface area contributed by atoms with Gasteiger partial charge in [-0.2, -0.15) is 5.10 Å². The van der Waals surface area contributed by atoms with Gasteiger partial charge in [-0.15, -0.1) is 0 Å². The number of ether oxygens (including phenoxy) is 2. The number of carbonyl (C=O) groups is 1. The van der Waals surface area contributed by atoms with Gasteiger partial charge in [-0.05, 0) is 59.1 Å². The summed E-state index contributed by atoms with van der Waals surface area (Å²) < 4.78 is 23.6. The summed E-state index contributed by atoms with van der Waals surface area (Å²) in [5.41, 5.74) is 5.22. The Morgan fingerprint density at radius 2 is 1.69 bits per heavy atom. The van der Waals surface area contributed by atoms with Crippen molar-refractivity contribution in [1.29, 1.82) is 0 Å². The Kier molecular flexibility index (Phi) is 11.8. The van der Waals surface area contributed by atoms with Crippen LogP contribution in [0.3, 0.4) is 0 Å². The molecule has 1 saturated heterocycles. The number of fused-ring (bicyclic) bond motifs is 1. The summed E-state index contributed by atoms with van der Waals surface area (Å²) in [5.74, 6) is -0.975. The Bertz CT molecular complexity index is 1950. The first-order chi connectivity index (χ1) is 24.5. The van der Waals surface area contributed by atoms with E-state index in [0.29, 0.717) is 35.5 Å². The number of aryl methyl sites for hydroxylation is 3. The molecular formula is C40H47ClIN3O5Si. The zero-order chi connectivity index (χ0) is 36.3. The zero-order valence-corrected chi connectivity index (χ0v) is 34.0. The minimum absolute atomic E-state index is 0.155. The van der Waals surface area contributed by atoms with Gasteiger partial charge in [0, 0.05) is 48.2 Å². The van der Waals surface area contributed by atoms with Crippen LogP contribution in [0, 0.1) is 0 Å². The second-order valence-electron chi connectivity index (χ2n) is 14.3. The van der Waals surface area contributed by atoms with Crippen LogP contribution in [0.4, 0.5) is 0 Å². The van der Waals surface area contributed by atoms with Crippen molar-refractivity contribution in [2.24, 2.45) is 14.1 Å². The van der Waals surface area contributed by atoms with Gasteiger partial charge in [-0.3, -0.25) is 4.68 Å². The van der Waals surface area contributed by atoms with E-state index >= 15 is 0 Å². The fraction of sp³-hybridized carbons (Fsp3) is 0.400. The minimum atomic E-state index is -2.74. The molecule has 3 aromatic carbocycles. The van der Waals surface area contributed by atoms with Crippen molar-refractivity contribution in [1.82, 2.24) is 14.3 Å². The van der Waals surface area contributed by atoms with Gasteiger partial charge in [0.1, 0.15) is 5.69 Å². The van der Waals surface area contributed by atoms with Crippen molar-refractivity contribution in [2.75, 3.05) is 13.2 Å². The van der Waals surface area contributed by atoms with Crippen LogP contribution in [-0.4, -0.2) is 53.2 Å². The molecule has 1 aliphatic heterocycles. The van der Waals surface area contributed by atoms with E-state index in [1.807, 2.05) is 43.0 Å². The number of benzene rings is 3. The number of hydrogen-bond donors (Lipinski definition) is 1. The number of hydrogen-bond acceptors (Lipinski definition) is 5. The third-order valence-corrected chi connectivity index (χ3v) is 16.2. The summed E-state index contributed by atoms with van der Waals surface area (Å²) in [4.78, 5) is 13.0. The Labute approximate surface area is 320 Å². The molecule has 1 atom stereocenters. The largest absolute Gasteiger partial charge is 0.477 e. The predicted octanol–water partition coefficient (Wildman–Crippen LogP) is 8.42. The second kappa shape index (κ2) is 15.9. The van der Waals surface area contributed by atoms with E-state index in [1.165, 1.54) is 10.4 Å². The van der Waals surface area contributed by atoms with E-state index in [9.17, 15) is 9.90 Å². The van der Waals surface area contributed by atoms with Gasteiger partial charge in [-0.25, -0.2) is 4.79 Å². The molecule has 0 radical (unpaired) electrons. The number of halogens is 2. The van der Waals surface area contributed by atoms with E-state index in [0.717, 1.165) is 58.2 Å². The number of carboxylic acids is 1. The number of aromatic carboxylic acids is 1. The lowest BCUT2D eigenvalue weighted by Crippen LogP contribution is -2.66. The lowest BCUT2D eigenvalue weighted by molar-refractivity contribution is -0.169. The quantitative estimate of drug-likeness (QED) is 0.0555. The first-order valence-corrected chi connectivity index (χ1v) is 21.4. The third-order valence-electron chi connectivity index (χ3n) is 10.1. The Morgan fingerprint density at radius 3 is 2.25 bits per heavy atom. The molecule has 5 aromatic rings. The molecular weight excluding hydrogens is 793 g/mol. The summed E-state index contributed by atoms with van der Waals surface area (Å²) in [6.45, 7) is 8.23. The van der Waals surface area contributed by atoms with Crippen LogP contribution in [-0.2, 0) is 45.5 Å². The topological polar surface area (TPSA) is 87.7 Å². The summed E-state index contributed by atoms with van der Waals surface area (Å²) in [6.07, 6.45) is 3.86. The average Bonchev–Trinajstić information content (AvgIpc) is 3.59. The second-order valence-corrected chi connectivity index (χ2v) is 19.7. The fourth-order valence-corrected chi connectivity index (χ4v) is 13.5. The lowest BCUT2D eigenvalue weighted by Gasteiger charge is -2.43. The summed E-state index contributed by atoms with van der Waals surface area (Å²) in [7, 11) is 1.01. The average molecular weight is 840 g/mol. The smallest absolute Gasteiger partial charge is 0.352 e. The number of alkyl halides is 1. The molecule has 1 unspecified atom stereocenters. The molecule has 0 amide bonds. The highest BCUT2D eigenvalue weighted by molar-refractivity contribution is 14.1. The van der Waals surface area contributed by atoms with E-state index < -0.39 is 14.3 Å². The van der Waals surface area contributed by atoms with Crippen molar-refractivity contribution in [3.63, 3.8) is 0 Å². The highest BCUT2D eigenvalue weighted by Crippen LogP contribution is 2.43. The summed E-state index contributed by atoms with van der Waals surface area (Å²) in [5, 5.41) is 19.2. The first kappa shape index (κ1) is 37.7. The molecule has 8 nitrogen and oxygen atoms in total. The van der Waals surface area contributed by atoms with Gasteiger partial charge in [0.15, 0.2) is 6.29 Å². The molecule has 3 heterocycles. The van der Waals surface area contributed by atoms with E-state index in [1.54, 1.807) is 4.57 Å². The van der Waals surface area contributed by atoms with Crippen LogP contribution in [0.1, 0.15) is 73.9 Å². The van der Waals surface area contributed by atoms with Crippen molar-refractivity contribution >= 4 is 69.8 Å². The van der Waals surface area contributed by atoms with Crippen LogP contribution in [0.25, 0.3) is 22.0 Å². The van der Waals surface area contributed by atoms with Crippen molar-refractivity contribution in [3.8, 4) is 11.1 Å². The minimum Gasteiger partial charge on any atom is -0.477 e.